The largest absolute Gasteiger partial charge is 0.507 e. The highest BCUT2D eigenvalue weighted by Crippen LogP contribution is 2.45. The number of Topliss-reactive ketones (excluding diaryl/α,β-unsaturated/α-hetero) is 1. The number of carbonyl (C=O) groups is 2. The number of hydrogen-bond acceptors (Lipinski definition) is 9. The number of benzene rings is 3. The summed E-state index contributed by atoms with van der Waals surface area (Å²) in [6, 6.07) is 18.9. The minimum atomic E-state index is -0.911. The third-order valence-corrected chi connectivity index (χ3v) is 9.30. The van der Waals surface area contributed by atoms with Gasteiger partial charge in [0.1, 0.15) is 23.4 Å². The first-order valence-electron chi connectivity index (χ1n) is 12.8. The second-order valence-corrected chi connectivity index (χ2v) is 12.3. The van der Waals surface area contributed by atoms with Crippen molar-refractivity contribution < 1.29 is 24.2 Å². The zero-order valence-electron chi connectivity index (χ0n) is 22.0. The Morgan fingerprint density at radius 3 is 2.61 bits per heavy atom. The van der Waals surface area contributed by atoms with Crippen molar-refractivity contribution >= 4 is 57.3 Å². The Morgan fingerprint density at radius 2 is 1.88 bits per heavy atom. The Kier molecular flexibility index (Phi) is 7.46. The lowest BCUT2D eigenvalue weighted by molar-refractivity contribution is -0.132. The lowest BCUT2D eigenvalue weighted by atomic mass is 9.94. The molecule has 1 saturated heterocycles. The fraction of sp³-hybridized carbons (Fsp3) is 0.200. The number of anilines is 1. The van der Waals surface area contributed by atoms with Gasteiger partial charge in [0.05, 0.1) is 18.7 Å². The number of amides is 1. The number of aromatic nitrogens is 2. The molecule has 1 fully saturated rings. The molecule has 0 radical (unpaired) electrons. The van der Waals surface area contributed by atoms with Crippen LogP contribution in [0.3, 0.4) is 0 Å². The quantitative estimate of drug-likeness (QED) is 0.0844. The molecule has 6 rings (SSSR count). The van der Waals surface area contributed by atoms with Gasteiger partial charge in [-0.25, -0.2) is 0 Å². The van der Waals surface area contributed by atoms with Crippen molar-refractivity contribution in [2.45, 2.75) is 35.6 Å². The van der Waals surface area contributed by atoms with Crippen molar-refractivity contribution in [1.29, 1.82) is 0 Å². The number of ketones is 1. The molecule has 2 unspecified atom stereocenters. The van der Waals surface area contributed by atoms with Crippen LogP contribution in [0.25, 0.3) is 5.76 Å². The number of fused-ring (bicyclic) bond motifs is 1. The van der Waals surface area contributed by atoms with E-state index in [0.717, 1.165) is 16.9 Å². The normalized spacial score (nSPS) is 19.3. The molecule has 3 heterocycles. The van der Waals surface area contributed by atoms with Crippen molar-refractivity contribution in [1.82, 2.24) is 10.2 Å². The van der Waals surface area contributed by atoms with Gasteiger partial charge in [-0.05, 0) is 66.1 Å². The summed E-state index contributed by atoms with van der Waals surface area (Å²) >= 11 is 8.67. The maximum atomic E-state index is 13.5. The second-order valence-electron chi connectivity index (χ2n) is 9.66. The zero-order valence-corrected chi connectivity index (χ0v) is 24.4. The van der Waals surface area contributed by atoms with Crippen molar-refractivity contribution in [2.24, 2.45) is 0 Å². The summed E-state index contributed by atoms with van der Waals surface area (Å²) in [5, 5.41) is 21.0. The van der Waals surface area contributed by atoms with Crippen LogP contribution in [0.2, 0.25) is 5.02 Å². The van der Waals surface area contributed by atoms with Gasteiger partial charge in [0.25, 0.3) is 5.78 Å². The van der Waals surface area contributed by atoms with E-state index < -0.39 is 17.7 Å². The van der Waals surface area contributed by atoms with Crippen LogP contribution in [-0.4, -0.2) is 40.2 Å². The van der Waals surface area contributed by atoms with Crippen LogP contribution in [0.15, 0.2) is 76.6 Å². The predicted octanol–water partition coefficient (Wildman–Crippen LogP) is 6.44. The van der Waals surface area contributed by atoms with Crippen molar-refractivity contribution in [3.63, 3.8) is 0 Å². The smallest absolute Gasteiger partial charge is 0.301 e. The number of carbonyl (C=O) groups excluding carboxylic acids is 2. The molecule has 1 N–H and O–H groups in total. The van der Waals surface area contributed by atoms with Crippen molar-refractivity contribution in [3.8, 4) is 11.5 Å². The van der Waals surface area contributed by atoms with E-state index in [2.05, 4.69) is 10.2 Å². The highest BCUT2D eigenvalue weighted by Gasteiger charge is 2.48. The molecule has 0 bridgehead atoms. The molecule has 2 aliphatic rings. The lowest BCUT2D eigenvalue weighted by Gasteiger charge is -2.22. The predicted molar refractivity (Wildman–Crippen MR) is 159 cm³/mol. The Balaban J connectivity index is 1.38. The molecule has 1 amide bonds. The zero-order chi connectivity index (χ0) is 28.7. The topological polar surface area (TPSA) is 102 Å². The monoisotopic (exact) mass is 605 g/mol. The summed E-state index contributed by atoms with van der Waals surface area (Å²) in [4.78, 5) is 28.4. The SMILES string of the molecule is COc1ccc(C2C(=C(O)c3ccc4c(c3)CC(C)O4)C(=O)C(=O)N2c2nnc(SCc3ccc(Cl)cc3)s2)cc1. The van der Waals surface area contributed by atoms with E-state index in [1.54, 1.807) is 43.5 Å². The minimum absolute atomic E-state index is 0.0161. The Hall–Kier alpha value is -3.86. The van der Waals surface area contributed by atoms with Gasteiger partial charge in [0.2, 0.25) is 5.13 Å². The molecule has 2 atom stereocenters. The summed E-state index contributed by atoms with van der Waals surface area (Å²) in [5.41, 5.74) is 3.04. The number of thioether (sulfide) groups is 1. The van der Waals surface area contributed by atoms with Gasteiger partial charge in [-0.3, -0.25) is 14.5 Å². The van der Waals surface area contributed by atoms with E-state index in [1.807, 2.05) is 37.3 Å². The maximum Gasteiger partial charge on any atom is 0.301 e. The molecule has 41 heavy (non-hydrogen) atoms. The van der Waals surface area contributed by atoms with Gasteiger partial charge in [-0.1, -0.05) is 59.0 Å². The molecule has 0 saturated carbocycles. The van der Waals surface area contributed by atoms with Crippen LogP contribution in [-0.2, 0) is 21.8 Å². The highest BCUT2D eigenvalue weighted by molar-refractivity contribution is 8.00. The average molecular weight is 606 g/mol. The first-order valence-corrected chi connectivity index (χ1v) is 15.0. The molecule has 3 aromatic carbocycles. The summed E-state index contributed by atoms with van der Waals surface area (Å²) in [7, 11) is 1.56. The number of nitrogens with zero attached hydrogens (tertiary/aromatic N) is 3. The van der Waals surface area contributed by atoms with E-state index in [0.29, 0.717) is 38.4 Å². The Bertz CT molecular complexity index is 1670. The van der Waals surface area contributed by atoms with E-state index >= 15 is 0 Å². The third kappa shape index (κ3) is 5.30. The van der Waals surface area contributed by atoms with Gasteiger partial charge in [0.15, 0.2) is 4.34 Å². The lowest BCUT2D eigenvalue weighted by Crippen LogP contribution is -2.29. The number of ether oxygens (including phenoxy) is 2. The van der Waals surface area contributed by atoms with E-state index in [4.69, 9.17) is 21.1 Å². The van der Waals surface area contributed by atoms with Gasteiger partial charge in [-0.15, -0.1) is 10.2 Å². The van der Waals surface area contributed by atoms with Crippen molar-refractivity contribution in [2.75, 3.05) is 12.0 Å². The Labute approximate surface area is 249 Å². The highest BCUT2D eigenvalue weighted by atomic mass is 35.5. The van der Waals surface area contributed by atoms with Gasteiger partial charge in [0, 0.05) is 22.8 Å². The van der Waals surface area contributed by atoms with Crippen LogP contribution >= 0.6 is 34.7 Å². The first kappa shape index (κ1) is 27.3. The third-order valence-electron chi connectivity index (χ3n) is 6.92. The van der Waals surface area contributed by atoms with Crippen LogP contribution in [0, 0.1) is 0 Å². The van der Waals surface area contributed by atoms with E-state index in [1.165, 1.54) is 28.0 Å². The average Bonchev–Trinajstić information content (AvgIpc) is 3.67. The molecule has 8 nitrogen and oxygen atoms in total. The molecular formula is C30H24ClN3O5S2. The summed E-state index contributed by atoms with van der Waals surface area (Å²) < 4.78 is 11.7. The van der Waals surface area contributed by atoms with E-state index in [9.17, 15) is 14.7 Å². The van der Waals surface area contributed by atoms with Gasteiger partial charge < -0.3 is 14.6 Å². The fourth-order valence-corrected chi connectivity index (χ4v) is 6.89. The minimum Gasteiger partial charge on any atom is -0.507 e. The van der Waals surface area contributed by atoms with Crippen LogP contribution < -0.4 is 14.4 Å². The number of halogens is 1. The number of rotatable bonds is 7. The second kappa shape index (κ2) is 11.2. The van der Waals surface area contributed by atoms with Gasteiger partial charge in [-0.2, -0.15) is 0 Å². The van der Waals surface area contributed by atoms with Crippen molar-refractivity contribution in [3.05, 3.63) is 99.6 Å². The van der Waals surface area contributed by atoms with Crippen LogP contribution in [0.1, 0.15) is 35.2 Å². The molecule has 0 spiro atoms. The summed E-state index contributed by atoms with van der Waals surface area (Å²) in [6.07, 6.45) is 0.713. The molecule has 11 heteroatoms. The number of aliphatic hydroxyl groups excluding tert-OH is 1. The maximum absolute atomic E-state index is 13.5. The molecular weight excluding hydrogens is 582 g/mol. The van der Waals surface area contributed by atoms with E-state index in [-0.39, 0.29) is 22.6 Å². The molecule has 2 aliphatic heterocycles. The molecule has 208 valence electrons. The Morgan fingerprint density at radius 1 is 1.12 bits per heavy atom. The number of methoxy groups -OCH3 is 1. The summed E-state index contributed by atoms with van der Waals surface area (Å²) in [5.74, 6) is 0.174. The first-order chi connectivity index (χ1) is 19.8. The molecule has 0 aliphatic carbocycles. The fourth-order valence-electron chi connectivity index (χ4n) is 4.94. The summed E-state index contributed by atoms with van der Waals surface area (Å²) in [6.45, 7) is 1.97. The number of aliphatic hydroxyl groups is 1. The van der Waals surface area contributed by atoms with Crippen LogP contribution in [0.5, 0.6) is 11.5 Å². The standard InChI is InChI=1S/C30H24ClN3O5S2/c1-16-13-20-14-19(7-12-23(20)39-16)26(35)24-25(18-5-10-22(38-2)11-6-18)34(28(37)27(24)36)29-32-33-30(41-29)40-15-17-3-8-21(31)9-4-17/h3-12,14,16,25,35H,13,15H2,1-2H3. The van der Waals surface area contributed by atoms with Crippen LogP contribution in [0.4, 0.5) is 5.13 Å². The number of hydrogen-bond donors (Lipinski definition) is 1. The molecule has 1 aromatic heterocycles. The molecule has 4 aromatic rings. The van der Waals surface area contributed by atoms with Gasteiger partial charge >= 0.3 is 5.91 Å².